The summed E-state index contributed by atoms with van der Waals surface area (Å²) in [7, 11) is 0. The zero-order valence-corrected chi connectivity index (χ0v) is 15.6. The van der Waals surface area contributed by atoms with Gasteiger partial charge in [0, 0.05) is 16.2 Å². The second kappa shape index (κ2) is 4.62. The monoisotopic (exact) mass is 348 g/mol. The maximum absolute atomic E-state index is 11.9. The first-order valence-corrected chi connectivity index (χ1v) is 8.57. The zero-order valence-electron chi connectivity index (χ0n) is 13.3. The number of alkyl halides is 2. The molecule has 0 bridgehead atoms. The van der Waals surface area contributed by atoms with Gasteiger partial charge in [-0.1, -0.05) is 64.7 Å². The molecule has 0 amide bonds. The number of carboxylic acid groups (broad SMARTS) is 1. The van der Waals surface area contributed by atoms with Gasteiger partial charge in [0.25, 0.3) is 0 Å². The van der Waals surface area contributed by atoms with Crippen molar-refractivity contribution >= 4 is 40.5 Å². The topological polar surface area (TPSA) is 37.3 Å². The largest absolute Gasteiger partial charge is 0.480 e. The molecule has 0 aliphatic heterocycles. The smallest absolute Gasteiger partial charge is 0.318 e. The van der Waals surface area contributed by atoms with Crippen molar-refractivity contribution in [3.8, 4) is 0 Å². The summed E-state index contributed by atoms with van der Waals surface area (Å²) in [5.74, 6) is -0.930. The molecular weight excluding hydrogens is 327 g/mol. The van der Waals surface area contributed by atoms with Crippen molar-refractivity contribution in [2.24, 2.45) is 0 Å². The Kier molecular flexibility index (Phi) is 3.77. The molecule has 1 heterocycles. The molecule has 5 heteroatoms. The molecule has 0 radical (unpaired) electrons. The molecule has 21 heavy (non-hydrogen) atoms. The second-order valence-electron chi connectivity index (χ2n) is 7.95. The number of carbonyl (C=O) groups is 1. The summed E-state index contributed by atoms with van der Waals surface area (Å²) in [5, 5.41) is 9.73. The van der Waals surface area contributed by atoms with E-state index in [4.69, 9.17) is 23.2 Å². The molecule has 1 aliphatic carbocycles. The number of aliphatic carboxylic acids is 1. The SMILES string of the molecule is CC(C)(C)c1cc(C(C)(C)C)c(C2(C(=O)O)CC2(Cl)Cl)s1. The molecule has 118 valence electrons. The van der Waals surface area contributed by atoms with Gasteiger partial charge in [0.1, 0.15) is 9.75 Å². The maximum Gasteiger partial charge on any atom is 0.318 e. The Morgan fingerprint density at radius 1 is 1.19 bits per heavy atom. The lowest BCUT2D eigenvalue weighted by atomic mass is 9.82. The molecule has 1 atom stereocenters. The van der Waals surface area contributed by atoms with E-state index in [1.807, 2.05) is 0 Å². The molecule has 0 saturated heterocycles. The number of carboxylic acids is 1. The highest BCUT2D eigenvalue weighted by Gasteiger charge is 2.74. The van der Waals surface area contributed by atoms with Crippen molar-refractivity contribution in [1.29, 1.82) is 0 Å². The van der Waals surface area contributed by atoms with E-state index in [0.717, 1.165) is 10.4 Å². The van der Waals surface area contributed by atoms with Crippen LogP contribution in [0.1, 0.15) is 63.3 Å². The third-order valence-electron chi connectivity index (χ3n) is 4.02. The molecule has 1 N–H and O–H groups in total. The van der Waals surface area contributed by atoms with E-state index in [9.17, 15) is 9.90 Å². The van der Waals surface area contributed by atoms with Gasteiger partial charge in [-0.05, 0) is 22.5 Å². The van der Waals surface area contributed by atoms with Crippen molar-refractivity contribution < 1.29 is 9.90 Å². The van der Waals surface area contributed by atoms with Gasteiger partial charge in [-0.15, -0.1) is 11.3 Å². The molecule has 2 nitrogen and oxygen atoms in total. The number of hydrogen-bond donors (Lipinski definition) is 1. The van der Waals surface area contributed by atoms with Gasteiger partial charge in [-0.25, -0.2) is 0 Å². The van der Waals surface area contributed by atoms with E-state index in [-0.39, 0.29) is 17.3 Å². The summed E-state index contributed by atoms with van der Waals surface area (Å²) in [4.78, 5) is 13.9. The summed E-state index contributed by atoms with van der Waals surface area (Å²) < 4.78 is -1.21. The van der Waals surface area contributed by atoms with Gasteiger partial charge >= 0.3 is 5.97 Å². The highest BCUT2D eigenvalue weighted by atomic mass is 35.5. The molecular formula is C16H22Cl2O2S. The van der Waals surface area contributed by atoms with Gasteiger partial charge in [-0.3, -0.25) is 4.79 Å². The number of hydrogen-bond acceptors (Lipinski definition) is 2. The zero-order chi connectivity index (χ0) is 16.4. The Balaban J connectivity index is 2.69. The van der Waals surface area contributed by atoms with E-state index in [0.29, 0.717) is 0 Å². The minimum absolute atomic E-state index is 0.0290. The summed E-state index contributed by atoms with van der Waals surface area (Å²) in [5.41, 5.74) is -0.293. The van der Waals surface area contributed by atoms with Crippen LogP contribution < -0.4 is 0 Å². The number of rotatable bonds is 2. The van der Waals surface area contributed by atoms with Gasteiger partial charge in [-0.2, -0.15) is 0 Å². The minimum Gasteiger partial charge on any atom is -0.480 e. The normalized spacial score (nSPS) is 25.0. The summed E-state index contributed by atoms with van der Waals surface area (Å²) in [6.07, 6.45) is 0.269. The average Bonchev–Trinajstić information content (AvgIpc) is 2.69. The van der Waals surface area contributed by atoms with Crippen LogP contribution in [0.15, 0.2) is 6.07 Å². The minimum atomic E-state index is -1.21. The Morgan fingerprint density at radius 2 is 1.67 bits per heavy atom. The fourth-order valence-corrected chi connectivity index (χ4v) is 5.05. The molecule has 0 aromatic carbocycles. The summed E-state index contributed by atoms with van der Waals surface area (Å²) >= 11 is 14.0. The molecule has 1 aromatic heterocycles. The van der Waals surface area contributed by atoms with Crippen LogP contribution in [0.25, 0.3) is 0 Å². The van der Waals surface area contributed by atoms with Crippen molar-refractivity contribution in [1.82, 2.24) is 0 Å². The first kappa shape index (κ1) is 17.1. The van der Waals surface area contributed by atoms with Gasteiger partial charge in [0.15, 0.2) is 0 Å². The van der Waals surface area contributed by atoms with Crippen molar-refractivity contribution in [2.45, 2.75) is 68.5 Å². The van der Waals surface area contributed by atoms with Crippen LogP contribution in [-0.4, -0.2) is 15.4 Å². The van der Waals surface area contributed by atoms with Crippen molar-refractivity contribution in [3.05, 3.63) is 21.4 Å². The third kappa shape index (κ3) is 2.62. The Bertz CT molecular complexity index is 590. The fraction of sp³-hybridized carbons (Fsp3) is 0.688. The standard InChI is InChI=1S/C16H22Cl2O2S/c1-13(2,3)9-7-10(14(4,5)6)21-11(9)15(12(19)20)8-16(15,17)18/h7H,8H2,1-6H3,(H,19,20). The van der Waals surface area contributed by atoms with E-state index in [2.05, 4.69) is 47.6 Å². The summed E-state index contributed by atoms with van der Waals surface area (Å²) in [6.45, 7) is 12.7. The molecule has 1 unspecified atom stereocenters. The van der Waals surface area contributed by atoms with Gasteiger partial charge < -0.3 is 5.11 Å². The molecule has 1 aliphatic rings. The third-order valence-corrected chi connectivity index (χ3v) is 6.65. The molecule has 1 saturated carbocycles. The summed E-state index contributed by atoms with van der Waals surface area (Å²) in [6, 6.07) is 2.13. The van der Waals surface area contributed by atoms with E-state index >= 15 is 0 Å². The predicted octanol–water partition coefficient (Wildman–Crippen LogP) is 5.24. The lowest BCUT2D eigenvalue weighted by Crippen LogP contribution is -2.28. The fourth-order valence-electron chi connectivity index (χ4n) is 2.50. The van der Waals surface area contributed by atoms with Gasteiger partial charge in [0.2, 0.25) is 0 Å². The Hall–Kier alpha value is -0.250. The van der Waals surface area contributed by atoms with E-state index in [1.165, 1.54) is 4.88 Å². The van der Waals surface area contributed by atoms with Crippen molar-refractivity contribution in [3.63, 3.8) is 0 Å². The van der Waals surface area contributed by atoms with Crippen LogP contribution in [0.5, 0.6) is 0 Å². The Morgan fingerprint density at radius 3 is 1.95 bits per heavy atom. The van der Waals surface area contributed by atoms with Crippen LogP contribution in [0.4, 0.5) is 0 Å². The van der Waals surface area contributed by atoms with Crippen LogP contribution >= 0.6 is 34.5 Å². The lowest BCUT2D eigenvalue weighted by Gasteiger charge is -2.23. The molecule has 1 aromatic rings. The molecule has 2 rings (SSSR count). The molecule has 1 fully saturated rings. The van der Waals surface area contributed by atoms with Crippen molar-refractivity contribution in [2.75, 3.05) is 0 Å². The lowest BCUT2D eigenvalue weighted by molar-refractivity contribution is -0.140. The van der Waals surface area contributed by atoms with Crippen LogP contribution in [0, 0.1) is 0 Å². The first-order chi connectivity index (χ1) is 9.23. The maximum atomic E-state index is 11.9. The first-order valence-electron chi connectivity index (χ1n) is 7.00. The Labute approximate surface area is 140 Å². The average molecular weight is 349 g/mol. The molecule has 0 spiro atoms. The van der Waals surface area contributed by atoms with E-state index in [1.54, 1.807) is 11.3 Å². The second-order valence-corrected chi connectivity index (χ2v) is 10.5. The van der Waals surface area contributed by atoms with Crippen LogP contribution in [-0.2, 0) is 21.0 Å². The van der Waals surface area contributed by atoms with Crippen LogP contribution in [0.2, 0.25) is 0 Å². The quantitative estimate of drug-likeness (QED) is 0.741. The highest BCUT2D eigenvalue weighted by Crippen LogP contribution is 2.67. The number of halogens is 2. The van der Waals surface area contributed by atoms with Crippen LogP contribution in [0.3, 0.4) is 0 Å². The predicted molar refractivity (Wildman–Crippen MR) is 90.1 cm³/mol. The number of thiophene rings is 1. The highest BCUT2D eigenvalue weighted by molar-refractivity contribution is 7.12. The van der Waals surface area contributed by atoms with E-state index < -0.39 is 15.7 Å². The van der Waals surface area contributed by atoms with Gasteiger partial charge in [0.05, 0.1) is 0 Å².